The Hall–Kier alpha value is -1.14. The van der Waals surface area contributed by atoms with E-state index in [0.717, 1.165) is 5.01 Å². The van der Waals surface area contributed by atoms with Crippen LogP contribution in [0.25, 0.3) is 0 Å². The Morgan fingerprint density at radius 1 is 1.44 bits per heavy atom. The molecule has 0 saturated heterocycles. The molecule has 18 heavy (non-hydrogen) atoms. The number of rotatable bonds is 3. The highest BCUT2D eigenvalue weighted by atomic mass is 79.9. The first-order chi connectivity index (χ1) is 8.40. The third-order valence-corrected chi connectivity index (χ3v) is 4.21. The lowest BCUT2D eigenvalue weighted by Gasteiger charge is -2.26. The molecule has 0 saturated carbocycles. The standard InChI is InChI=1S/C12H13BrFN3S/c1-12(2,11-16-3-4-18-11)17-10-6-8(14)7(13)5-9(10)15/h3-6,17H,15H2,1-2H3. The Morgan fingerprint density at radius 3 is 2.78 bits per heavy atom. The predicted molar refractivity (Wildman–Crippen MR) is 77.3 cm³/mol. The van der Waals surface area contributed by atoms with Crippen LogP contribution < -0.4 is 11.1 Å². The van der Waals surface area contributed by atoms with Gasteiger partial charge in [0.2, 0.25) is 0 Å². The van der Waals surface area contributed by atoms with Gasteiger partial charge >= 0.3 is 0 Å². The van der Waals surface area contributed by atoms with E-state index in [1.807, 2.05) is 19.2 Å². The van der Waals surface area contributed by atoms with E-state index in [0.29, 0.717) is 15.8 Å². The number of nitrogen functional groups attached to an aromatic ring is 1. The van der Waals surface area contributed by atoms with Crippen LogP contribution in [0.3, 0.4) is 0 Å². The summed E-state index contributed by atoms with van der Waals surface area (Å²) in [6.07, 6.45) is 1.74. The fraction of sp³-hybridized carbons (Fsp3) is 0.250. The SMILES string of the molecule is CC(C)(Nc1cc(F)c(Br)cc1N)c1nccs1. The summed E-state index contributed by atoms with van der Waals surface area (Å²) in [7, 11) is 0. The molecule has 1 aromatic heterocycles. The number of anilines is 2. The molecule has 3 nitrogen and oxygen atoms in total. The maximum absolute atomic E-state index is 13.5. The van der Waals surface area contributed by atoms with Gasteiger partial charge in [0.1, 0.15) is 10.8 Å². The molecular formula is C12H13BrFN3S. The van der Waals surface area contributed by atoms with Crippen molar-refractivity contribution in [2.75, 3.05) is 11.1 Å². The molecule has 0 unspecified atom stereocenters. The number of nitrogens with two attached hydrogens (primary N) is 1. The molecule has 0 amide bonds. The van der Waals surface area contributed by atoms with Crippen LogP contribution in [0.4, 0.5) is 15.8 Å². The minimum Gasteiger partial charge on any atom is -0.397 e. The lowest BCUT2D eigenvalue weighted by molar-refractivity contribution is 0.598. The smallest absolute Gasteiger partial charge is 0.139 e. The second-order valence-electron chi connectivity index (χ2n) is 4.44. The summed E-state index contributed by atoms with van der Waals surface area (Å²) in [5.74, 6) is -0.346. The largest absolute Gasteiger partial charge is 0.397 e. The van der Waals surface area contributed by atoms with Crippen molar-refractivity contribution in [2.24, 2.45) is 0 Å². The second kappa shape index (κ2) is 4.85. The Kier molecular flexibility index (Phi) is 3.59. The van der Waals surface area contributed by atoms with Crippen LogP contribution >= 0.6 is 27.3 Å². The molecule has 0 aliphatic heterocycles. The van der Waals surface area contributed by atoms with Gasteiger partial charge in [-0.1, -0.05) is 0 Å². The van der Waals surface area contributed by atoms with Crippen molar-refractivity contribution in [1.82, 2.24) is 4.98 Å². The summed E-state index contributed by atoms with van der Waals surface area (Å²) >= 11 is 4.65. The molecule has 0 aliphatic carbocycles. The minimum atomic E-state index is -0.400. The summed E-state index contributed by atoms with van der Waals surface area (Å²) in [6.45, 7) is 3.95. The van der Waals surface area contributed by atoms with E-state index in [9.17, 15) is 4.39 Å². The average molecular weight is 330 g/mol. The zero-order valence-electron chi connectivity index (χ0n) is 10.00. The van der Waals surface area contributed by atoms with E-state index >= 15 is 0 Å². The second-order valence-corrected chi connectivity index (χ2v) is 6.19. The van der Waals surface area contributed by atoms with Crippen molar-refractivity contribution in [1.29, 1.82) is 0 Å². The van der Waals surface area contributed by atoms with Gasteiger partial charge in [-0.15, -0.1) is 11.3 Å². The van der Waals surface area contributed by atoms with E-state index in [2.05, 4.69) is 26.2 Å². The molecule has 0 fully saturated rings. The predicted octanol–water partition coefficient (Wildman–Crippen LogP) is 3.97. The van der Waals surface area contributed by atoms with Crippen molar-refractivity contribution in [2.45, 2.75) is 19.4 Å². The van der Waals surface area contributed by atoms with Crippen LogP contribution in [-0.4, -0.2) is 4.98 Å². The summed E-state index contributed by atoms with van der Waals surface area (Å²) < 4.78 is 13.9. The number of hydrogen-bond donors (Lipinski definition) is 2. The molecule has 2 rings (SSSR count). The Labute approximate surface area is 117 Å². The minimum absolute atomic E-state index is 0.346. The van der Waals surface area contributed by atoms with Gasteiger partial charge in [-0.25, -0.2) is 9.37 Å². The molecule has 96 valence electrons. The highest BCUT2D eigenvalue weighted by Crippen LogP contribution is 2.32. The van der Waals surface area contributed by atoms with Crippen LogP contribution in [0.15, 0.2) is 28.2 Å². The van der Waals surface area contributed by atoms with E-state index < -0.39 is 5.54 Å². The Balaban J connectivity index is 2.32. The van der Waals surface area contributed by atoms with Crippen molar-refractivity contribution in [3.63, 3.8) is 0 Å². The molecule has 1 heterocycles. The fourth-order valence-corrected chi connectivity index (χ4v) is 2.67. The first kappa shape index (κ1) is 13.3. The number of thiazole rings is 1. The lowest BCUT2D eigenvalue weighted by atomic mass is 10.1. The number of benzene rings is 1. The molecule has 2 aromatic rings. The Bertz CT molecular complexity index is 555. The normalized spacial score (nSPS) is 11.6. The maximum atomic E-state index is 13.5. The Morgan fingerprint density at radius 2 is 2.17 bits per heavy atom. The van der Waals surface area contributed by atoms with Gasteiger partial charge in [0.25, 0.3) is 0 Å². The topological polar surface area (TPSA) is 50.9 Å². The van der Waals surface area contributed by atoms with Crippen molar-refractivity contribution in [3.05, 3.63) is 39.0 Å². The maximum Gasteiger partial charge on any atom is 0.139 e. The van der Waals surface area contributed by atoms with Crippen molar-refractivity contribution >= 4 is 38.6 Å². The summed E-state index contributed by atoms with van der Waals surface area (Å²) in [5, 5.41) is 6.05. The van der Waals surface area contributed by atoms with E-state index in [4.69, 9.17) is 5.73 Å². The van der Waals surface area contributed by atoms with Crippen LogP contribution in [0.1, 0.15) is 18.9 Å². The molecule has 0 atom stereocenters. The third-order valence-electron chi connectivity index (χ3n) is 2.51. The van der Waals surface area contributed by atoms with Crippen LogP contribution in [0.2, 0.25) is 0 Å². The van der Waals surface area contributed by atoms with Crippen LogP contribution in [-0.2, 0) is 5.54 Å². The van der Waals surface area contributed by atoms with Gasteiger partial charge in [0, 0.05) is 17.6 Å². The molecular weight excluding hydrogens is 317 g/mol. The monoisotopic (exact) mass is 329 g/mol. The van der Waals surface area contributed by atoms with E-state index in [1.54, 1.807) is 23.6 Å². The van der Waals surface area contributed by atoms with E-state index in [-0.39, 0.29) is 5.82 Å². The number of hydrogen-bond acceptors (Lipinski definition) is 4. The van der Waals surface area contributed by atoms with Gasteiger partial charge in [-0.3, -0.25) is 0 Å². The van der Waals surface area contributed by atoms with Gasteiger partial charge in [0.15, 0.2) is 0 Å². The summed E-state index contributed by atoms with van der Waals surface area (Å²) in [5.41, 5.74) is 6.53. The zero-order chi connectivity index (χ0) is 13.3. The van der Waals surface area contributed by atoms with Crippen molar-refractivity contribution in [3.8, 4) is 0 Å². The summed E-state index contributed by atoms with van der Waals surface area (Å²) in [6, 6.07) is 2.93. The highest BCUT2D eigenvalue weighted by Gasteiger charge is 2.24. The molecule has 0 bridgehead atoms. The quantitative estimate of drug-likeness (QED) is 0.837. The summed E-state index contributed by atoms with van der Waals surface area (Å²) in [4.78, 5) is 4.27. The number of nitrogens with one attached hydrogen (secondary N) is 1. The molecule has 0 spiro atoms. The number of nitrogens with zero attached hydrogens (tertiary/aromatic N) is 1. The molecule has 1 aromatic carbocycles. The first-order valence-electron chi connectivity index (χ1n) is 5.33. The molecule has 0 aliphatic rings. The first-order valence-corrected chi connectivity index (χ1v) is 7.00. The highest BCUT2D eigenvalue weighted by molar-refractivity contribution is 9.10. The molecule has 3 N–H and O–H groups in total. The van der Waals surface area contributed by atoms with Crippen molar-refractivity contribution < 1.29 is 4.39 Å². The van der Waals surface area contributed by atoms with Gasteiger partial charge in [0.05, 0.1) is 21.4 Å². The molecule has 0 radical (unpaired) electrons. The lowest BCUT2D eigenvalue weighted by Crippen LogP contribution is -2.28. The number of aromatic nitrogens is 1. The fourth-order valence-electron chi connectivity index (χ4n) is 1.59. The van der Waals surface area contributed by atoms with E-state index in [1.165, 1.54) is 6.07 Å². The molecule has 6 heteroatoms. The van der Waals surface area contributed by atoms with Crippen LogP contribution in [0.5, 0.6) is 0 Å². The zero-order valence-corrected chi connectivity index (χ0v) is 12.4. The third kappa shape index (κ3) is 2.64. The van der Waals surface area contributed by atoms with Gasteiger partial charge in [-0.05, 0) is 35.8 Å². The van der Waals surface area contributed by atoms with Gasteiger partial charge < -0.3 is 11.1 Å². The average Bonchev–Trinajstić information content (AvgIpc) is 2.79. The number of halogens is 2. The van der Waals surface area contributed by atoms with Gasteiger partial charge in [-0.2, -0.15) is 0 Å². The van der Waals surface area contributed by atoms with Crippen LogP contribution in [0, 0.1) is 5.82 Å².